The van der Waals surface area contributed by atoms with Gasteiger partial charge in [-0.3, -0.25) is 4.79 Å². The van der Waals surface area contributed by atoms with E-state index < -0.39 is 0 Å². The van der Waals surface area contributed by atoms with Crippen LogP contribution in [0.2, 0.25) is 0 Å². The fourth-order valence-electron chi connectivity index (χ4n) is 1.65. The summed E-state index contributed by atoms with van der Waals surface area (Å²) in [5.74, 6) is -0.0137. The predicted molar refractivity (Wildman–Crippen MR) is 63.7 cm³/mol. The lowest BCUT2D eigenvalue weighted by Crippen LogP contribution is -2.18. The van der Waals surface area contributed by atoms with Crippen LogP contribution in [0.5, 0.6) is 0 Å². The molecule has 2 N–H and O–H groups in total. The molecule has 1 aromatic carbocycles. The monoisotopic (exact) mass is 214 g/mol. The Kier molecular flexibility index (Phi) is 3.05. The highest BCUT2D eigenvalue weighted by molar-refractivity contribution is 5.73. The standard InChI is InChI=1S/C13H14N2O/c1-10(16)15-8-12-7-14-9-13(12)11-5-3-2-4-6-11/h2-7,9,14H,8H2,1H3,(H,15,16). The van der Waals surface area contributed by atoms with Gasteiger partial charge in [0.2, 0.25) is 5.91 Å². The highest BCUT2D eigenvalue weighted by Crippen LogP contribution is 2.22. The number of carbonyl (C=O) groups excluding carboxylic acids is 1. The van der Waals surface area contributed by atoms with E-state index in [0.717, 1.165) is 16.7 Å². The zero-order valence-corrected chi connectivity index (χ0v) is 9.16. The summed E-state index contributed by atoms with van der Waals surface area (Å²) >= 11 is 0. The maximum absolute atomic E-state index is 10.9. The molecule has 0 radical (unpaired) electrons. The van der Waals surface area contributed by atoms with Gasteiger partial charge in [-0.05, 0) is 11.1 Å². The Hall–Kier alpha value is -2.03. The predicted octanol–water partition coefficient (Wildman–Crippen LogP) is 2.32. The van der Waals surface area contributed by atoms with Crippen LogP contribution in [0.15, 0.2) is 42.7 Å². The quantitative estimate of drug-likeness (QED) is 0.809. The molecule has 82 valence electrons. The number of aromatic amines is 1. The molecule has 0 fully saturated rings. The van der Waals surface area contributed by atoms with Crippen LogP contribution in [-0.4, -0.2) is 10.9 Å². The van der Waals surface area contributed by atoms with E-state index >= 15 is 0 Å². The third kappa shape index (κ3) is 2.31. The molecule has 2 rings (SSSR count). The zero-order chi connectivity index (χ0) is 11.4. The van der Waals surface area contributed by atoms with Crippen molar-refractivity contribution in [1.29, 1.82) is 0 Å². The van der Waals surface area contributed by atoms with Crippen molar-refractivity contribution in [2.75, 3.05) is 0 Å². The van der Waals surface area contributed by atoms with Gasteiger partial charge in [-0.25, -0.2) is 0 Å². The number of benzene rings is 1. The largest absolute Gasteiger partial charge is 0.367 e. The minimum absolute atomic E-state index is 0.0137. The van der Waals surface area contributed by atoms with Gasteiger partial charge in [-0.2, -0.15) is 0 Å². The second kappa shape index (κ2) is 4.66. The first-order chi connectivity index (χ1) is 7.77. The SMILES string of the molecule is CC(=O)NCc1c[nH]cc1-c1ccccc1. The molecule has 16 heavy (non-hydrogen) atoms. The molecule has 0 unspecified atom stereocenters. The molecule has 3 heteroatoms. The molecule has 0 aliphatic carbocycles. The van der Waals surface area contributed by atoms with Gasteiger partial charge in [-0.1, -0.05) is 30.3 Å². The molecule has 0 saturated carbocycles. The number of hydrogen-bond acceptors (Lipinski definition) is 1. The Morgan fingerprint density at radius 1 is 1.25 bits per heavy atom. The van der Waals surface area contributed by atoms with E-state index in [-0.39, 0.29) is 5.91 Å². The molecule has 0 aliphatic heterocycles. The first-order valence-electron chi connectivity index (χ1n) is 5.23. The number of rotatable bonds is 3. The van der Waals surface area contributed by atoms with E-state index in [1.807, 2.05) is 30.6 Å². The van der Waals surface area contributed by atoms with Crippen LogP contribution in [0.25, 0.3) is 11.1 Å². The van der Waals surface area contributed by atoms with Gasteiger partial charge >= 0.3 is 0 Å². The highest BCUT2D eigenvalue weighted by atomic mass is 16.1. The van der Waals surface area contributed by atoms with Crippen molar-refractivity contribution < 1.29 is 4.79 Å². The summed E-state index contributed by atoms with van der Waals surface area (Å²) in [4.78, 5) is 13.9. The fourth-order valence-corrected chi connectivity index (χ4v) is 1.65. The smallest absolute Gasteiger partial charge is 0.217 e. The third-order valence-corrected chi connectivity index (χ3v) is 2.44. The fraction of sp³-hybridized carbons (Fsp3) is 0.154. The Labute approximate surface area is 94.5 Å². The van der Waals surface area contributed by atoms with Crippen molar-refractivity contribution in [3.05, 3.63) is 48.3 Å². The van der Waals surface area contributed by atoms with Gasteiger partial charge < -0.3 is 10.3 Å². The van der Waals surface area contributed by atoms with Crippen molar-refractivity contribution in [2.45, 2.75) is 13.5 Å². The lowest BCUT2D eigenvalue weighted by atomic mass is 10.1. The number of carbonyl (C=O) groups is 1. The first-order valence-corrected chi connectivity index (χ1v) is 5.23. The maximum atomic E-state index is 10.9. The van der Waals surface area contributed by atoms with Gasteiger partial charge in [0.1, 0.15) is 0 Å². The average molecular weight is 214 g/mol. The minimum Gasteiger partial charge on any atom is -0.367 e. The van der Waals surface area contributed by atoms with Gasteiger partial charge in [0, 0.05) is 31.4 Å². The van der Waals surface area contributed by atoms with Crippen molar-refractivity contribution in [3.8, 4) is 11.1 Å². The second-order valence-corrected chi connectivity index (χ2v) is 3.67. The normalized spacial score (nSPS) is 10.1. The zero-order valence-electron chi connectivity index (χ0n) is 9.16. The molecule has 1 amide bonds. The summed E-state index contributed by atoms with van der Waals surface area (Å²) < 4.78 is 0. The lowest BCUT2D eigenvalue weighted by molar-refractivity contribution is -0.119. The van der Waals surface area contributed by atoms with E-state index in [9.17, 15) is 4.79 Å². The van der Waals surface area contributed by atoms with E-state index in [2.05, 4.69) is 22.4 Å². The van der Waals surface area contributed by atoms with Crippen molar-refractivity contribution in [3.63, 3.8) is 0 Å². The van der Waals surface area contributed by atoms with E-state index in [4.69, 9.17) is 0 Å². The van der Waals surface area contributed by atoms with Crippen molar-refractivity contribution in [1.82, 2.24) is 10.3 Å². The maximum Gasteiger partial charge on any atom is 0.217 e. The topological polar surface area (TPSA) is 44.9 Å². The number of amides is 1. The van der Waals surface area contributed by atoms with Gasteiger partial charge in [0.15, 0.2) is 0 Å². The van der Waals surface area contributed by atoms with Gasteiger partial charge in [0.25, 0.3) is 0 Å². The third-order valence-electron chi connectivity index (χ3n) is 2.44. The lowest BCUT2D eigenvalue weighted by Gasteiger charge is -2.04. The molecule has 0 spiro atoms. The number of hydrogen-bond donors (Lipinski definition) is 2. The van der Waals surface area contributed by atoms with Crippen LogP contribution in [0.3, 0.4) is 0 Å². The Morgan fingerprint density at radius 2 is 2.00 bits per heavy atom. The highest BCUT2D eigenvalue weighted by Gasteiger charge is 2.05. The molecule has 1 aromatic heterocycles. The van der Waals surface area contributed by atoms with Crippen molar-refractivity contribution in [2.24, 2.45) is 0 Å². The Morgan fingerprint density at radius 3 is 2.69 bits per heavy atom. The summed E-state index contributed by atoms with van der Waals surface area (Å²) in [7, 11) is 0. The number of nitrogens with one attached hydrogen (secondary N) is 2. The molecule has 0 saturated heterocycles. The molecule has 2 aromatic rings. The van der Waals surface area contributed by atoms with Crippen LogP contribution in [0.4, 0.5) is 0 Å². The van der Waals surface area contributed by atoms with Crippen LogP contribution in [0.1, 0.15) is 12.5 Å². The second-order valence-electron chi connectivity index (χ2n) is 3.67. The van der Waals surface area contributed by atoms with Gasteiger partial charge in [0.05, 0.1) is 0 Å². The number of H-pyrrole nitrogens is 1. The first kappa shape index (κ1) is 10.5. The van der Waals surface area contributed by atoms with E-state index in [0.29, 0.717) is 6.54 Å². The summed E-state index contributed by atoms with van der Waals surface area (Å²) in [5, 5.41) is 2.80. The van der Waals surface area contributed by atoms with E-state index in [1.165, 1.54) is 6.92 Å². The van der Waals surface area contributed by atoms with E-state index in [1.54, 1.807) is 0 Å². The Balaban J connectivity index is 2.23. The molecule has 0 aliphatic rings. The number of aromatic nitrogens is 1. The van der Waals surface area contributed by atoms with Crippen LogP contribution < -0.4 is 5.32 Å². The summed E-state index contributed by atoms with van der Waals surface area (Å²) in [5.41, 5.74) is 3.39. The van der Waals surface area contributed by atoms with Gasteiger partial charge in [-0.15, -0.1) is 0 Å². The molecule has 0 bridgehead atoms. The van der Waals surface area contributed by atoms with Crippen LogP contribution in [0, 0.1) is 0 Å². The minimum atomic E-state index is -0.0137. The Bertz CT molecular complexity index is 474. The summed E-state index contributed by atoms with van der Waals surface area (Å²) in [6, 6.07) is 10.1. The molecular weight excluding hydrogens is 200 g/mol. The van der Waals surface area contributed by atoms with Crippen LogP contribution in [-0.2, 0) is 11.3 Å². The average Bonchev–Trinajstić information content (AvgIpc) is 2.75. The molecule has 3 nitrogen and oxygen atoms in total. The van der Waals surface area contributed by atoms with Crippen molar-refractivity contribution >= 4 is 5.91 Å². The summed E-state index contributed by atoms with van der Waals surface area (Å²) in [6.45, 7) is 2.08. The summed E-state index contributed by atoms with van der Waals surface area (Å²) in [6.07, 6.45) is 3.87. The molecule has 1 heterocycles. The molecular formula is C13H14N2O. The van der Waals surface area contributed by atoms with Crippen LogP contribution >= 0.6 is 0 Å². The molecule has 0 atom stereocenters.